The Bertz CT molecular complexity index is 343. The lowest BCUT2D eigenvalue weighted by atomic mass is 10.1. The van der Waals surface area contributed by atoms with Gasteiger partial charge in [-0.2, -0.15) is 0 Å². The van der Waals surface area contributed by atoms with Gasteiger partial charge in [-0.1, -0.05) is 0 Å². The molecule has 1 saturated heterocycles. The van der Waals surface area contributed by atoms with E-state index in [-0.39, 0.29) is 30.1 Å². The maximum absolute atomic E-state index is 12.0. The Labute approximate surface area is 107 Å². The SMILES string of the molecule is COC(=O)CCCN(C)C(=O)C1CC(=O)N(C)C1. The molecule has 0 aliphatic carbocycles. The Hall–Kier alpha value is -1.59. The number of nitrogens with zero attached hydrogens (tertiary/aromatic N) is 2. The average Bonchev–Trinajstić information content (AvgIpc) is 2.68. The summed E-state index contributed by atoms with van der Waals surface area (Å²) in [5.41, 5.74) is 0. The van der Waals surface area contributed by atoms with E-state index < -0.39 is 0 Å². The van der Waals surface area contributed by atoms with E-state index in [4.69, 9.17) is 0 Å². The zero-order chi connectivity index (χ0) is 13.7. The molecule has 0 bridgehead atoms. The Kier molecular flexibility index (Phi) is 5.12. The smallest absolute Gasteiger partial charge is 0.305 e. The van der Waals surface area contributed by atoms with E-state index >= 15 is 0 Å². The van der Waals surface area contributed by atoms with Gasteiger partial charge in [0.15, 0.2) is 0 Å². The van der Waals surface area contributed by atoms with E-state index in [0.717, 1.165) is 0 Å². The van der Waals surface area contributed by atoms with Gasteiger partial charge in [-0.3, -0.25) is 14.4 Å². The Morgan fingerprint density at radius 3 is 2.67 bits per heavy atom. The van der Waals surface area contributed by atoms with Gasteiger partial charge in [-0.15, -0.1) is 0 Å². The fraction of sp³-hybridized carbons (Fsp3) is 0.750. The van der Waals surface area contributed by atoms with Crippen LogP contribution in [0.4, 0.5) is 0 Å². The lowest BCUT2D eigenvalue weighted by Crippen LogP contribution is -2.35. The van der Waals surface area contributed by atoms with Gasteiger partial charge in [0, 0.05) is 40.0 Å². The van der Waals surface area contributed by atoms with E-state index in [0.29, 0.717) is 25.9 Å². The molecule has 1 unspecified atom stereocenters. The fourth-order valence-electron chi connectivity index (χ4n) is 2.01. The van der Waals surface area contributed by atoms with Crippen LogP contribution in [-0.2, 0) is 19.1 Å². The molecule has 1 aliphatic rings. The summed E-state index contributed by atoms with van der Waals surface area (Å²) in [5, 5.41) is 0. The summed E-state index contributed by atoms with van der Waals surface area (Å²) in [5.74, 6) is -0.536. The molecule has 6 heteroatoms. The molecular formula is C12H20N2O4. The van der Waals surface area contributed by atoms with Crippen molar-refractivity contribution in [1.82, 2.24) is 9.80 Å². The van der Waals surface area contributed by atoms with E-state index in [1.165, 1.54) is 7.11 Å². The summed E-state index contributed by atoms with van der Waals surface area (Å²) in [6, 6.07) is 0. The summed E-state index contributed by atoms with van der Waals surface area (Å²) >= 11 is 0. The third kappa shape index (κ3) is 3.72. The van der Waals surface area contributed by atoms with Crippen LogP contribution in [0.3, 0.4) is 0 Å². The first-order valence-electron chi connectivity index (χ1n) is 6.01. The number of rotatable bonds is 5. The second-order valence-electron chi connectivity index (χ2n) is 4.61. The van der Waals surface area contributed by atoms with Crippen molar-refractivity contribution in [3.05, 3.63) is 0 Å². The molecule has 0 spiro atoms. The summed E-state index contributed by atoms with van der Waals surface area (Å²) in [6.45, 7) is 0.987. The van der Waals surface area contributed by atoms with Crippen LogP contribution < -0.4 is 0 Å². The minimum Gasteiger partial charge on any atom is -0.469 e. The van der Waals surface area contributed by atoms with Gasteiger partial charge < -0.3 is 14.5 Å². The van der Waals surface area contributed by atoms with Crippen molar-refractivity contribution in [2.75, 3.05) is 34.3 Å². The molecule has 0 aromatic carbocycles. The maximum Gasteiger partial charge on any atom is 0.305 e. The van der Waals surface area contributed by atoms with Gasteiger partial charge in [0.1, 0.15) is 0 Å². The van der Waals surface area contributed by atoms with E-state index in [2.05, 4.69) is 4.74 Å². The van der Waals surface area contributed by atoms with E-state index in [1.807, 2.05) is 0 Å². The highest BCUT2D eigenvalue weighted by molar-refractivity contribution is 5.89. The van der Waals surface area contributed by atoms with Crippen molar-refractivity contribution in [2.24, 2.45) is 5.92 Å². The molecule has 1 rings (SSSR count). The molecule has 18 heavy (non-hydrogen) atoms. The minimum atomic E-state index is -0.272. The van der Waals surface area contributed by atoms with Gasteiger partial charge >= 0.3 is 5.97 Å². The van der Waals surface area contributed by atoms with Crippen LogP contribution in [0.5, 0.6) is 0 Å². The largest absolute Gasteiger partial charge is 0.469 e. The number of hydrogen-bond donors (Lipinski definition) is 0. The number of ether oxygens (including phenoxy) is 1. The average molecular weight is 256 g/mol. The van der Waals surface area contributed by atoms with E-state index in [1.54, 1.807) is 23.9 Å². The van der Waals surface area contributed by atoms with Gasteiger partial charge in [0.2, 0.25) is 11.8 Å². The number of carbonyl (C=O) groups is 3. The minimum absolute atomic E-state index is 0.0105. The molecule has 2 amide bonds. The van der Waals surface area contributed by atoms with Crippen molar-refractivity contribution >= 4 is 17.8 Å². The van der Waals surface area contributed by atoms with Crippen molar-refractivity contribution in [1.29, 1.82) is 0 Å². The summed E-state index contributed by atoms with van der Waals surface area (Å²) < 4.78 is 4.53. The summed E-state index contributed by atoms with van der Waals surface area (Å²) in [6.07, 6.45) is 1.17. The summed E-state index contributed by atoms with van der Waals surface area (Å²) in [7, 11) is 4.74. The zero-order valence-corrected chi connectivity index (χ0v) is 11.1. The van der Waals surface area contributed by atoms with Crippen LogP contribution in [-0.4, -0.2) is 61.9 Å². The number of hydrogen-bond acceptors (Lipinski definition) is 4. The summed E-state index contributed by atoms with van der Waals surface area (Å²) in [4.78, 5) is 37.4. The van der Waals surface area contributed by atoms with Crippen LogP contribution >= 0.6 is 0 Å². The van der Waals surface area contributed by atoms with Crippen LogP contribution in [0.1, 0.15) is 19.3 Å². The molecule has 1 atom stereocenters. The molecule has 0 radical (unpaired) electrons. The first kappa shape index (κ1) is 14.5. The molecule has 1 aliphatic heterocycles. The molecule has 1 fully saturated rings. The third-order valence-electron chi connectivity index (χ3n) is 3.17. The van der Waals surface area contributed by atoms with Crippen LogP contribution in [0.2, 0.25) is 0 Å². The first-order chi connectivity index (χ1) is 8.45. The topological polar surface area (TPSA) is 66.9 Å². The van der Waals surface area contributed by atoms with E-state index in [9.17, 15) is 14.4 Å². The Morgan fingerprint density at radius 1 is 1.50 bits per heavy atom. The number of likely N-dealkylation sites (tertiary alicyclic amines) is 1. The van der Waals surface area contributed by atoms with Crippen molar-refractivity contribution in [3.63, 3.8) is 0 Å². The Morgan fingerprint density at radius 2 is 2.17 bits per heavy atom. The molecule has 0 N–H and O–H groups in total. The molecular weight excluding hydrogens is 236 g/mol. The second-order valence-corrected chi connectivity index (χ2v) is 4.61. The monoisotopic (exact) mass is 256 g/mol. The number of amides is 2. The molecule has 0 aromatic heterocycles. The number of esters is 1. The van der Waals surface area contributed by atoms with Crippen LogP contribution in [0, 0.1) is 5.92 Å². The quantitative estimate of drug-likeness (QED) is 0.643. The predicted molar refractivity (Wildman–Crippen MR) is 64.6 cm³/mol. The molecule has 102 valence electrons. The highest BCUT2D eigenvalue weighted by Crippen LogP contribution is 2.18. The van der Waals surface area contributed by atoms with Crippen molar-refractivity contribution < 1.29 is 19.1 Å². The van der Waals surface area contributed by atoms with Gasteiger partial charge in [0.25, 0.3) is 0 Å². The number of carbonyl (C=O) groups excluding carboxylic acids is 3. The first-order valence-corrected chi connectivity index (χ1v) is 6.01. The molecule has 0 saturated carbocycles. The lowest BCUT2D eigenvalue weighted by Gasteiger charge is -2.20. The standard InChI is InChI=1S/C12H20N2O4/c1-13(6-4-5-11(16)18-3)12(17)9-7-10(15)14(2)8-9/h9H,4-8H2,1-3H3. The van der Waals surface area contributed by atoms with Crippen LogP contribution in [0.25, 0.3) is 0 Å². The van der Waals surface area contributed by atoms with Crippen molar-refractivity contribution in [2.45, 2.75) is 19.3 Å². The van der Waals surface area contributed by atoms with Crippen LogP contribution in [0.15, 0.2) is 0 Å². The molecule has 1 heterocycles. The molecule has 6 nitrogen and oxygen atoms in total. The van der Waals surface area contributed by atoms with Gasteiger partial charge in [-0.25, -0.2) is 0 Å². The number of methoxy groups -OCH3 is 1. The Balaban J connectivity index is 2.33. The zero-order valence-electron chi connectivity index (χ0n) is 11.1. The molecule has 0 aromatic rings. The second kappa shape index (κ2) is 6.37. The normalized spacial score (nSPS) is 18.9. The highest BCUT2D eigenvalue weighted by atomic mass is 16.5. The highest BCUT2D eigenvalue weighted by Gasteiger charge is 2.33. The van der Waals surface area contributed by atoms with Gasteiger partial charge in [-0.05, 0) is 6.42 Å². The van der Waals surface area contributed by atoms with Gasteiger partial charge in [0.05, 0.1) is 13.0 Å². The van der Waals surface area contributed by atoms with Crippen molar-refractivity contribution in [3.8, 4) is 0 Å². The third-order valence-corrected chi connectivity index (χ3v) is 3.17. The maximum atomic E-state index is 12.0. The lowest BCUT2D eigenvalue weighted by molar-refractivity contribution is -0.141. The fourth-order valence-corrected chi connectivity index (χ4v) is 2.01. The predicted octanol–water partition coefficient (Wildman–Crippen LogP) is -0.124.